The fourth-order valence-electron chi connectivity index (χ4n) is 3.59. The fraction of sp³-hybridized carbons (Fsp3) is 0.273. The van der Waals surface area contributed by atoms with E-state index in [1.807, 2.05) is 45.0 Å². The van der Waals surface area contributed by atoms with E-state index in [0.29, 0.717) is 23.4 Å². The van der Waals surface area contributed by atoms with Crippen LogP contribution in [0.3, 0.4) is 0 Å². The number of hydrogen-bond donors (Lipinski definition) is 3. The van der Waals surface area contributed by atoms with Gasteiger partial charge in [0.25, 0.3) is 5.91 Å². The average molecular weight is 377 g/mol. The summed E-state index contributed by atoms with van der Waals surface area (Å²) in [5.41, 5.74) is 3.14. The highest BCUT2D eigenvalue weighted by Gasteiger charge is 2.34. The number of ether oxygens (including phenoxy) is 1. The number of amides is 1. The van der Waals surface area contributed by atoms with Crippen molar-refractivity contribution in [3.05, 3.63) is 65.4 Å². The summed E-state index contributed by atoms with van der Waals surface area (Å²) >= 11 is 0. The SMILES string of the molecule is Cc1ccc2c(c1)OC(C)(C)CC2NC(=O)c1cc(-c2ccccc2O)n[nH]1. The van der Waals surface area contributed by atoms with E-state index in [2.05, 4.69) is 15.5 Å². The van der Waals surface area contributed by atoms with Crippen molar-refractivity contribution >= 4 is 5.91 Å². The average Bonchev–Trinajstić information content (AvgIpc) is 3.10. The lowest BCUT2D eigenvalue weighted by Crippen LogP contribution is -2.41. The van der Waals surface area contributed by atoms with Gasteiger partial charge < -0.3 is 15.2 Å². The number of fused-ring (bicyclic) bond motifs is 1. The third-order valence-corrected chi connectivity index (χ3v) is 4.93. The fourth-order valence-corrected chi connectivity index (χ4v) is 3.59. The predicted molar refractivity (Wildman–Crippen MR) is 106 cm³/mol. The molecule has 3 N–H and O–H groups in total. The van der Waals surface area contributed by atoms with Gasteiger partial charge in [0.1, 0.15) is 22.8 Å². The zero-order valence-electron chi connectivity index (χ0n) is 16.1. The summed E-state index contributed by atoms with van der Waals surface area (Å²) in [6, 6.07) is 14.4. The molecule has 0 bridgehead atoms. The number of aryl methyl sites for hydroxylation is 1. The number of aromatic nitrogens is 2. The van der Waals surface area contributed by atoms with E-state index in [4.69, 9.17) is 4.74 Å². The van der Waals surface area contributed by atoms with Gasteiger partial charge in [0.05, 0.1) is 11.7 Å². The lowest BCUT2D eigenvalue weighted by molar-refractivity contribution is 0.0617. The number of H-pyrrole nitrogens is 1. The molecule has 1 amide bonds. The number of carbonyl (C=O) groups excluding carboxylic acids is 1. The van der Waals surface area contributed by atoms with Crippen LogP contribution in [0.2, 0.25) is 0 Å². The van der Waals surface area contributed by atoms with Crippen LogP contribution < -0.4 is 10.1 Å². The Morgan fingerprint density at radius 1 is 1.25 bits per heavy atom. The van der Waals surface area contributed by atoms with Crippen molar-refractivity contribution in [2.75, 3.05) is 0 Å². The molecule has 0 saturated heterocycles. The molecule has 6 nitrogen and oxygen atoms in total. The lowest BCUT2D eigenvalue weighted by atomic mass is 9.89. The summed E-state index contributed by atoms with van der Waals surface area (Å²) in [7, 11) is 0. The van der Waals surface area contributed by atoms with E-state index in [1.54, 1.807) is 24.3 Å². The molecule has 6 heteroatoms. The Kier molecular flexibility index (Phi) is 4.34. The Morgan fingerprint density at radius 2 is 2.04 bits per heavy atom. The number of para-hydroxylation sites is 1. The highest BCUT2D eigenvalue weighted by molar-refractivity contribution is 5.93. The number of phenols is 1. The molecule has 0 fully saturated rings. The first-order valence-electron chi connectivity index (χ1n) is 9.27. The van der Waals surface area contributed by atoms with Crippen LogP contribution in [0, 0.1) is 6.92 Å². The smallest absolute Gasteiger partial charge is 0.269 e. The van der Waals surface area contributed by atoms with Gasteiger partial charge in [0.15, 0.2) is 0 Å². The summed E-state index contributed by atoms with van der Waals surface area (Å²) < 4.78 is 6.09. The monoisotopic (exact) mass is 377 g/mol. The number of nitrogens with one attached hydrogen (secondary N) is 2. The molecule has 3 aromatic rings. The van der Waals surface area contributed by atoms with Crippen molar-refractivity contribution in [1.82, 2.24) is 15.5 Å². The number of phenolic OH excluding ortho intramolecular Hbond substituents is 1. The maximum atomic E-state index is 12.8. The largest absolute Gasteiger partial charge is 0.507 e. The predicted octanol–water partition coefficient (Wildman–Crippen LogP) is 4.12. The number of hydrogen-bond acceptors (Lipinski definition) is 4. The number of rotatable bonds is 3. The van der Waals surface area contributed by atoms with Crippen molar-refractivity contribution in [2.45, 2.75) is 38.8 Å². The summed E-state index contributed by atoms with van der Waals surface area (Å²) in [6.07, 6.45) is 0.662. The van der Waals surface area contributed by atoms with Crippen LogP contribution in [0.5, 0.6) is 11.5 Å². The first kappa shape index (κ1) is 18.1. The first-order valence-corrected chi connectivity index (χ1v) is 9.27. The van der Waals surface area contributed by atoms with Crippen molar-refractivity contribution in [3.8, 4) is 22.8 Å². The summed E-state index contributed by atoms with van der Waals surface area (Å²) in [5, 5.41) is 20.0. The van der Waals surface area contributed by atoms with Crippen molar-refractivity contribution in [3.63, 3.8) is 0 Å². The molecule has 28 heavy (non-hydrogen) atoms. The zero-order valence-corrected chi connectivity index (χ0v) is 16.1. The number of aromatic amines is 1. The van der Waals surface area contributed by atoms with E-state index in [-0.39, 0.29) is 23.3 Å². The Balaban J connectivity index is 1.59. The number of benzene rings is 2. The minimum atomic E-state index is -0.381. The molecule has 0 aliphatic carbocycles. The van der Waals surface area contributed by atoms with Gasteiger partial charge in [0, 0.05) is 17.5 Å². The third kappa shape index (κ3) is 3.45. The molecular weight excluding hydrogens is 354 g/mol. The van der Waals surface area contributed by atoms with Crippen LogP contribution >= 0.6 is 0 Å². The van der Waals surface area contributed by atoms with E-state index >= 15 is 0 Å². The second-order valence-electron chi connectivity index (χ2n) is 7.82. The Hall–Kier alpha value is -3.28. The summed E-state index contributed by atoms with van der Waals surface area (Å²) in [5.74, 6) is 0.681. The van der Waals surface area contributed by atoms with Gasteiger partial charge in [0.2, 0.25) is 0 Å². The normalized spacial score (nSPS) is 17.5. The summed E-state index contributed by atoms with van der Waals surface area (Å²) in [6.45, 7) is 6.05. The molecule has 0 radical (unpaired) electrons. The van der Waals surface area contributed by atoms with Crippen molar-refractivity contribution in [1.29, 1.82) is 0 Å². The summed E-state index contributed by atoms with van der Waals surface area (Å²) in [4.78, 5) is 12.8. The third-order valence-electron chi connectivity index (χ3n) is 4.93. The number of carbonyl (C=O) groups is 1. The molecule has 1 aliphatic rings. The molecule has 0 saturated carbocycles. The zero-order chi connectivity index (χ0) is 19.9. The minimum Gasteiger partial charge on any atom is -0.507 e. The van der Waals surface area contributed by atoms with Gasteiger partial charge in [-0.2, -0.15) is 5.10 Å². The Bertz CT molecular complexity index is 1040. The van der Waals surface area contributed by atoms with Gasteiger partial charge in [-0.25, -0.2) is 0 Å². The Morgan fingerprint density at radius 3 is 2.82 bits per heavy atom. The number of nitrogens with zero attached hydrogens (tertiary/aromatic N) is 1. The minimum absolute atomic E-state index is 0.122. The van der Waals surface area contributed by atoms with E-state index < -0.39 is 0 Å². The van der Waals surface area contributed by atoms with Gasteiger partial charge >= 0.3 is 0 Å². The van der Waals surface area contributed by atoms with Crippen LogP contribution in [0.1, 0.15) is 47.9 Å². The van der Waals surface area contributed by atoms with E-state index in [1.165, 1.54) is 0 Å². The molecule has 0 spiro atoms. The standard InChI is InChI=1S/C22H23N3O3/c1-13-8-9-15-18(12-22(2,3)28-20(15)10-13)23-21(27)17-11-16(24-25-17)14-6-4-5-7-19(14)26/h4-11,18,26H,12H2,1-3H3,(H,23,27)(H,24,25). The quantitative estimate of drug-likeness (QED) is 0.641. The molecule has 144 valence electrons. The van der Waals surface area contributed by atoms with E-state index in [0.717, 1.165) is 16.9 Å². The lowest BCUT2D eigenvalue weighted by Gasteiger charge is -2.38. The second-order valence-corrected chi connectivity index (χ2v) is 7.82. The van der Waals surface area contributed by atoms with Gasteiger partial charge in [-0.1, -0.05) is 24.3 Å². The van der Waals surface area contributed by atoms with Crippen LogP contribution in [-0.2, 0) is 0 Å². The molecule has 1 unspecified atom stereocenters. The Labute approximate surface area is 163 Å². The van der Waals surface area contributed by atoms with E-state index in [9.17, 15) is 9.90 Å². The van der Waals surface area contributed by atoms with Crippen LogP contribution in [0.15, 0.2) is 48.5 Å². The molecule has 4 rings (SSSR count). The number of aromatic hydroxyl groups is 1. The van der Waals surface area contributed by atoms with Crippen LogP contribution in [0.25, 0.3) is 11.3 Å². The molecule has 1 atom stereocenters. The van der Waals surface area contributed by atoms with Crippen molar-refractivity contribution in [2.24, 2.45) is 0 Å². The maximum absolute atomic E-state index is 12.8. The molecule has 1 aliphatic heterocycles. The molecule has 1 aromatic heterocycles. The van der Waals surface area contributed by atoms with Gasteiger partial charge in [-0.3, -0.25) is 9.89 Å². The second kappa shape index (κ2) is 6.71. The highest BCUT2D eigenvalue weighted by Crippen LogP contribution is 2.40. The maximum Gasteiger partial charge on any atom is 0.269 e. The molecular formula is C22H23N3O3. The topological polar surface area (TPSA) is 87.2 Å². The highest BCUT2D eigenvalue weighted by atomic mass is 16.5. The van der Waals surface area contributed by atoms with Crippen LogP contribution in [0.4, 0.5) is 0 Å². The van der Waals surface area contributed by atoms with Gasteiger partial charge in [-0.05, 0) is 50.6 Å². The van der Waals surface area contributed by atoms with Gasteiger partial charge in [-0.15, -0.1) is 0 Å². The van der Waals surface area contributed by atoms with Crippen molar-refractivity contribution < 1.29 is 14.6 Å². The molecule has 2 aromatic carbocycles. The van der Waals surface area contributed by atoms with Crippen LogP contribution in [-0.4, -0.2) is 26.8 Å². The molecule has 2 heterocycles. The first-order chi connectivity index (χ1) is 13.3.